The maximum atomic E-state index is 13.7. The van der Waals surface area contributed by atoms with Crippen molar-refractivity contribution >= 4 is 0 Å². The highest BCUT2D eigenvalue weighted by Gasteiger charge is 2.25. The Morgan fingerprint density at radius 3 is 2.32 bits per heavy atom. The SMILES string of the molecule is CC1CC(C)CC(NC(C)c2ccc(F)cc2F)C1. The summed E-state index contributed by atoms with van der Waals surface area (Å²) in [6.07, 6.45) is 3.55. The zero-order valence-corrected chi connectivity index (χ0v) is 11.9. The fraction of sp³-hybridized carbons (Fsp3) is 0.625. The third-order valence-corrected chi connectivity index (χ3v) is 4.09. The minimum absolute atomic E-state index is 0.0805. The molecule has 1 aromatic rings. The van der Waals surface area contributed by atoms with Crippen LogP contribution in [0.15, 0.2) is 18.2 Å². The van der Waals surface area contributed by atoms with Crippen molar-refractivity contribution < 1.29 is 8.78 Å². The minimum atomic E-state index is -0.520. The normalized spacial score (nSPS) is 29.2. The molecular weight excluding hydrogens is 244 g/mol. The lowest BCUT2D eigenvalue weighted by molar-refractivity contribution is 0.227. The van der Waals surface area contributed by atoms with Gasteiger partial charge in [0.25, 0.3) is 0 Å². The van der Waals surface area contributed by atoms with Crippen LogP contribution >= 0.6 is 0 Å². The average Bonchev–Trinajstić information content (AvgIpc) is 2.26. The van der Waals surface area contributed by atoms with Gasteiger partial charge in [-0.25, -0.2) is 8.78 Å². The van der Waals surface area contributed by atoms with E-state index in [1.807, 2.05) is 6.92 Å². The van der Waals surface area contributed by atoms with Gasteiger partial charge in [0.15, 0.2) is 0 Å². The lowest BCUT2D eigenvalue weighted by atomic mass is 9.80. The summed E-state index contributed by atoms with van der Waals surface area (Å²) >= 11 is 0. The van der Waals surface area contributed by atoms with Crippen LogP contribution in [0.3, 0.4) is 0 Å². The molecule has 3 atom stereocenters. The molecule has 3 heteroatoms. The third kappa shape index (κ3) is 3.75. The Morgan fingerprint density at radius 1 is 1.11 bits per heavy atom. The molecule has 1 aromatic carbocycles. The molecule has 0 spiro atoms. The van der Waals surface area contributed by atoms with Gasteiger partial charge in [0, 0.05) is 23.7 Å². The predicted octanol–water partition coefficient (Wildman–Crippen LogP) is 4.44. The number of nitrogens with one attached hydrogen (secondary N) is 1. The molecule has 0 bridgehead atoms. The van der Waals surface area contributed by atoms with E-state index >= 15 is 0 Å². The highest BCUT2D eigenvalue weighted by molar-refractivity contribution is 5.21. The molecule has 0 saturated heterocycles. The maximum Gasteiger partial charge on any atom is 0.130 e. The van der Waals surface area contributed by atoms with Crippen LogP contribution in [0, 0.1) is 23.5 Å². The summed E-state index contributed by atoms with van der Waals surface area (Å²) in [5.41, 5.74) is 0.548. The molecule has 0 aliphatic heterocycles. The molecule has 3 unspecified atom stereocenters. The van der Waals surface area contributed by atoms with Gasteiger partial charge in [0.2, 0.25) is 0 Å². The number of benzene rings is 1. The second kappa shape index (κ2) is 6.00. The van der Waals surface area contributed by atoms with Crippen molar-refractivity contribution in [2.24, 2.45) is 11.8 Å². The molecule has 106 valence electrons. The molecule has 0 heterocycles. The number of rotatable bonds is 3. The van der Waals surface area contributed by atoms with Crippen LogP contribution in [0.5, 0.6) is 0 Å². The van der Waals surface area contributed by atoms with E-state index < -0.39 is 11.6 Å². The Balaban J connectivity index is 2.02. The van der Waals surface area contributed by atoms with Gasteiger partial charge in [-0.05, 0) is 44.1 Å². The van der Waals surface area contributed by atoms with Crippen molar-refractivity contribution in [3.8, 4) is 0 Å². The van der Waals surface area contributed by atoms with Gasteiger partial charge in [0.1, 0.15) is 11.6 Å². The van der Waals surface area contributed by atoms with Crippen LogP contribution in [0.2, 0.25) is 0 Å². The molecule has 2 rings (SSSR count). The minimum Gasteiger partial charge on any atom is -0.307 e. The average molecular weight is 267 g/mol. The van der Waals surface area contributed by atoms with Gasteiger partial charge >= 0.3 is 0 Å². The molecular formula is C16H23F2N. The molecule has 0 amide bonds. The van der Waals surface area contributed by atoms with Crippen LogP contribution in [0.1, 0.15) is 51.6 Å². The van der Waals surface area contributed by atoms with Crippen molar-refractivity contribution in [3.05, 3.63) is 35.4 Å². The van der Waals surface area contributed by atoms with Gasteiger partial charge in [-0.3, -0.25) is 0 Å². The fourth-order valence-corrected chi connectivity index (χ4v) is 3.38. The van der Waals surface area contributed by atoms with Crippen molar-refractivity contribution in [1.29, 1.82) is 0 Å². The van der Waals surface area contributed by atoms with Gasteiger partial charge < -0.3 is 5.32 Å². The summed E-state index contributed by atoms with van der Waals surface area (Å²) in [7, 11) is 0. The number of hydrogen-bond acceptors (Lipinski definition) is 1. The molecule has 19 heavy (non-hydrogen) atoms. The smallest absolute Gasteiger partial charge is 0.130 e. The van der Waals surface area contributed by atoms with Crippen LogP contribution in [0.4, 0.5) is 8.78 Å². The van der Waals surface area contributed by atoms with Crippen LogP contribution in [-0.2, 0) is 0 Å². The summed E-state index contributed by atoms with van der Waals surface area (Å²) in [6.45, 7) is 6.49. The first-order valence-electron chi connectivity index (χ1n) is 7.16. The van der Waals surface area contributed by atoms with E-state index in [0.717, 1.165) is 18.9 Å². The largest absolute Gasteiger partial charge is 0.307 e. The zero-order valence-electron chi connectivity index (χ0n) is 11.9. The first kappa shape index (κ1) is 14.4. The Bertz CT molecular complexity index is 423. The molecule has 0 aromatic heterocycles. The fourth-order valence-electron chi connectivity index (χ4n) is 3.38. The van der Waals surface area contributed by atoms with Crippen molar-refractivity contribution in [2.45, 2.75) is 52.1 Å². The lowest BCUT2D eigenvalue weighted by Crippen LogP contribution is -2.38. The van der Waals surface area contributed by atoms with E-state index in [1.54, 1.807) is 0 Å². The monoisotopic (exact) mass is 267 g/mol. The summed E-state index contributed by atoms with van der Waals surface area (Å²) in [4.78, 5) is 0. The molecule has 1 aliphatic rings. The standard InChI is InChI=1S/C16H23F2N/c1-10-6-11(2)8-14(7-10)19-12(3)15-5-4-13(17)9-16(15)18/h4-5,9-12,14,19H,6-8H2,1-3H3. The topological polar surface area (TPSA) is 12.0 Å². The molecule has 1 saturated carbocycles. The van der Waals surface area contributed by atoms with Crippen LogP contribution < -0.4 is 5.32 Å². The van der Waals surface area contributed by atoms with E-state index in [9.17, 15) is 8.78 Å². The Labute approximate surface area is 114 Å². The second-order valence-electron chi connectivity index (χ2n) is 6.17. The number of halogens is 2. The summed E-state index contributed by atoms with van der Waals surface area (Å²) in [5.74, 6) is 0.447. The summed E-state index contributed by atoms with van der Waals surface area (Å²) < 4.78 is 26.6. The summed E-state index contributed by atoms with van der Waals surface area (Å²) in [5, 5.41) is 3.49. The first-order valence-corrected chi connectivity index (χ1v) is 7.16. The molecule has 1 fully saturated rings. The van der Waals surface area contributed by atoms with E-state index in [0.29, 0.717) is 23.4 Å². The summed E-state index contributed by atoms with van der Waals surface area (Å²) in [6, 6.07) is 4.17. The van der Waals surface area contributed by atoms with Gasteiger partial charge in [-0.15, -0.1) is 0 Å². The Kier molecular flexibility index (Phi) is 4.56. The van der Waals surface area contributed by atoms with E-state index in [1.165, 1.54) is 18.6 Å². The van der Waals surface area contributed by atoms with E-state index in [-0.39, 0.29) is 6.04 Å². The third-order valence-electron chi connectivity index (χ3n) is 4.09. The molecule has 0 radical (unpaired) electrons. The Hall–Kier alpha value is -0.960. The zero-order chi connectivity index (χ0) is 14.0. The number of hydrogen-bond donors (Lipinski definition) is 1. The second-order valence-corrected chi connectivity index (χ2v) is 6.17. The van der Waals surface area contributed by atoms with Gasteiger partial charge in [-0.1, -0.05) is 19.9 Å². The quantitative estimate of drug-likeness (QED) is 0.853. The molecule has 1 nitrogen and oxygen atoms in total. The van der Waals surface area contributed by atoms with E-state index in [4.69, 9.17) is 0 Å². The first-order chi connectivity index (χ1) is 8.95. The van der Waals surface area contributed by atoms with Crippen LogP contribution in [0.25, 0.3) is 0 Å². The highest BCUT2D eigenvalue weighted by atomic mass is 19.1. The van der Waals surface area contributed by atoms with Crippen molar-refractivity contribution in [1.82, 2.24) is 5.32 Å². The maximum absolute atomic E-state index is 13.7. The van der Waals surface area contributed by atoms with Gasteiger partial charge in [-0.2, -0.15) is 0 Å². The van der Waals surface area contributed by atoms with Gasteiger partial charge in [0.05, 0.1) is 0 Å². The lowest BCUT2D eigenvalue weighted by Gasteiger charge is -2.34. The Morgan fingerprint density at radius 2 is 1.74 bits per heavy atom. The van der Waals surface area contributed by atoms with Crippen LogP contribution in [-0.4, -0.2) is 6.04 Å². The van der Waals surface area contributed by atoms with Crippen molar-refractivity contribution in [2.75, 3.05) is 0 Å². The molecule has 1 N–H and O–H groups in total. The molecule has 1 aliphatic carbocycles. The van der Waals surface area contributed by atoms with Crippen molar-refractivity contribution in [3.63, 3.8) is 0 Å². The predicted molar refractivity (Wildman–Crippen MR) is 73.9 cm³/mol. The van der Waals surface area contributed by atoms with E-state index in [2.05, 4.69) is 19.2 Å². The highest BCUT2D eigenvalue weighted by Crippen LogP contribution is 2.30.